The molecule has 1 aromatic carbocycles. The fraction of sp³-hybridized carbons (Fsp3) is 0.529. The molecule has 0 unspecified atom stereocenters. The van der Waals surface area contributed by atoms with Gasteiger partial charge < -0.3 is 16.0 Å². The fourth-order valence-electron chi connectivity index (χ4n) is 3.43. The summed E-state index contributed by atoms with van der Waals surface area (Å²) in [4.78, 5) is 25.6. The Morgan fingerprint density at radius 1 is 1.30 bits per heavy atom. The number of amides is 3. The van der Waals surface area contributed by atoms with Crippen LogP contribution >= 0.6 is 0 Å². The minimum atomic E-state index is -0.760. The largest absolute Gasteiger partial charge is 0.352 e. The Kier molecular flexibility index (Phi) is 4.24. The number of primary amides is 1. The fourth-order valence-corrected chi connectivity index (χ4v) is 3.43. The van der Waals surface area contributed by atoms with E-state index in [2.05, 4.69) is 5.32 Å². The second kappa shape index (κ2) is 6.18. The first-order valence-corrected chi connectivity index (χ1v) is 8.10. The first kappa shape index (κ1) is 15.8. The van der Waals surface area contributed by atoms with Gasteiger partial charge in [0.15, 0.2) is 0 Å². The van der Waals surface area contributed by atoms with E-state index in [1.54, 1.807) is 12.1 Å². The van der Waals surface area contributed by atoms with Crippen molar-refractivity contribution in [1.29, 1.82) is 0 Å². The molecule has 0 aromatic heterocycles. The quantitative estimate of drug-likeness (QED) is 0.888. The van der Waals surface area contributed by atoms with Gasteiger partial charge in [0.05, 0.1) is 0 Å². The number of likely N-dealkylation sites (tertiary alicyclic amines) is 1. The number of halogens is 1. The smallest absolute Gasteiger partial charge is 0.313 e. The van der Waals surface area contributed by atoms with Gasteiger partial charge in [-0.15, -0.1) is 0 Å². The number of benzene rings is 1. The van der Waals surface area contributed by atoms with E-state index < -0.39 is 11.6 Å². The molecule has 2 fully saturated rings. The third-order valence-corrected chi connectivity index (χ3v) is 4.77. The van der Waals surface area contributed by atoms with Gasteiger partial charge >= 0.3 is 6.03 Å². The van der Waals surface area contributed by atoms with Crippen LogP contribution in [0.4, 0.5) is 9.18 Å². The highest BCUT2D eigenvalue weighted by atomic mass is 19.1. The lowest BCUT2D eigenvalue weighted by Crippen LogP contribution is -2.54. The van der Waals surface area contributed by atoms with Crippen molar-refractivity contribution >= 4 is 11.9 Å². The van der Waals surface area contributed by atoms with Crippen molar-refractivity contribution in [3.05, 3.63) is 35.6 Å². The number of nitrogens with two attached hydrogens (primary N) is 1. The second-order valence-corrected chi connectivity index (χ2v) is 6.66. The Bertz CT molecular complexity index is 598. The van der Waals surface area contributed by atoms with Gasteiger partial charge in [0.25, 0.3) is 0 Å². The van der Waals surface area contributed by atoms with Crippen LogP contribution in [0.3, 0.4) is 0 Å². The van der Waals surface area contributed by atoms with Gasteiger partial charge in [0.1, 0.15) is 11.4 Å². The van der Waals surface area contributed by atoms with E-state index in [9.17, 15) is 14.0 Å². The van der Waals surface area contributed by atoms with Gasteiger partial charge in [0.2, 0.25) is 5.91 Å². The highest BCUT2D eigenvalue weighted by molar-refractivity contribution is 5.93. The predicted molar refractivity (Wildman–Crippen MR) is 84.1 cm³/mol. The Hall–Kier alpha value is -2.11. The number of nitrogens with zero attached hydrogens (tertiary/aromatic N) is 1. The van der Waals surface area contributed by atoms with Gasteiger partial charge in [-0.05, 0) is 55.7 Å². The topological polar surface area (TPSA) is 75.4 Å². The lowest BCUT2D eigenvalue weighted by molar-refractivity contribution is -0.136. The van der Waals surface area contributed by atoms with Crippen molar-refractivity contribution in [2.24, 2.45) is 11.7 Å². The van der Waals surface area contributed by atoms with E-state index in [0.29, 0.717) is 25.3 Å². The zero-order valence-electron chi connectivity index (χ0n) is 13.1. The number of hydrogen-bond donors (Lipinski definition) is 2. The van der Waals surface area contributed by atoms with Crippen molar-refractivity contribution < 1.29 is 14.0 Å². The number of piperidine rings is 1. The van der Waals surface area contributed by atoms with E-state index in [0.717, 1.165) is 31.4 Å². The molecular formula is C17H22FN3O2. The maximum atomic E-state index is 13.0. The molecule has 1 atom stereocenters. The van der Waals surface area contributed by atoms with Crippen LogP contribution in [0.15, 0.2) is 24.3 Å². The van der Waals surface area contributed by atoms with Crippen molar-refractivity contribution in [1.82, 2.24) is 10.2 Å². The molecule has 1 aliphatic carbocycles. The van der Waals surface area contributed by atoms with Crippen molar-refractivity contribution in [3.8, 4) is 0 Å². The molecule has 0 spiro atoms. The predicted octanol–water partition coefficient (Wildman–Crippen LogP) is 1.81. The summed E-state index contributed by atoms with van der Waals surface area (Å²) in [6.07, 6.45) is 4.16. The third-order valence-electron chi connectivity index (χ3n) is 4.77. The van der Waals surface area contributed by atoms with Crippen molar-refractivity contribution in [3.63, 3.8) is 0 Å². The summed E-state index contributed by atoms with van der Waals surface area (Å²) < 4.78 is 13.0. The summed E-state index contributed by atoms with van der Waals surface area (Å²) in [7, 11) is 0. The minimum Gasteiger partial charge on any atom is -0.352 e. The van der Waals surface area contributed by atoms with Crippen molar-refractivity contribution in [2.75, 3.05) is 13.1 Å². The van der Waals surface area contributed by atoms with Crippen LogP contribution in [0.5, 0.6) is 0 Å². The van der Waals surface area contributed by atoms with Crippen LogP contribution in [0.2, 0.25) is 0 Å². The molecule has 1 aromatic rings. The SMILES string of the molecule is NC(=O)NC1(C(=O)N2CCC[C@@H](Cc3ccc(F)cc3)C2)CC1. The van der Waals surface area contributed by atoms with E-state index >= 15 is 0 Å². The monoisotopic (exact) mass is 319 g/mol. The maximum Gasteiger partial charge on any atom is 0.313 e. The summed E-state index contributed by atoms with van der Waals surface area (Å²) in [6.45, 7) is 1.40. The lowest BCUT2D eigenvalue weighted by atomic mass is 9.91. The summed E-state index contributed by atoms with van der Waals surface area (Å²) in [5.74, 6) is 0.116. The summed E-state index contributed by atoms with van der Waals surface area (Å²) >= 11 is 0. The molecule has 1 heterocycles. The average Bonchev–Trinajstić information content (AvgIpc) is 3.29. The molecule has 1 saturated heterocycles. The van der Waals surface area contributed by atoms with E-state index in [4.69, 9.17) is 5.73 Å². The zero-order chi connectivity index (χ0) is 16.4. The van der Waals surface area contributed by atoms with Crippen LogP contribution in [-0.2, 0) is 11.2 Å². The van der Waals surface area contributed by atoms with Crippen LogP contribution in [0.25, 0.3) is 0 Å². The number of nitrogens with one attached hydrogen (secondary N) is 1. The molecule has 3 N–H and O–H groups in total. The van der Waals surface area contributed by atoms with Crippen LogP contribution in [0.1, 0.15) is 31.2 Å². The van der Waals surface area contributed by atoms with Gasteiger partial charge in [-0.2, -0.15) is 0 Å². The number of hydrogen-bond acceptors (Lipinski definition) is 2. The van der Waals surface area contributed by atoms with E-state index in [-0.39, 0.29) is 11.7 Å². The highest BCUT2D eigenvalue weighted by Crippen LogP contribution is 2.38. The maximum absolute atomic E-state index is 13.0. The number of urea groups is 1. The molecule has 6 heteroatoms. The van der Waals surface area contributed by atoms with E-state index in [1.807, 2.05) is 4.90 Å². The summed E-state index contributed by atoms with van der Waals surface area (Å²) in [5.41, 5.74) is 5.50. The molecule has 124 valence electrons. The zero-order valence-corrected chi connectivity index (χ0v) is 13.1. The Balaban J connectivity index is 1.61. The summed E-state index contributed by atoms with van der Waals surface area (Å²) in [5, 5.41) is 2.60. The van der Waals surface area contributed by atoms with Crippen LogP contribution in [-0.4, -0.2) is 35.5 Å². The van der Waals surface area contributed by atoms with Crippen LogP contribution < -0.4 is 11.1 Å². The molecule has 3 amide bonds. The van der Waals surface area contributed by atoms with Gasteiger partial charge in [-0.1, -0.05) is 12.1 Å². The first-order chi connectivity index (χ1) is 11.0. The molecule has 23 heavy (non-hydrogen) atoms. The standard InChI is InChI=1S/C17H22FN3O2/c18-14-5-3-12(4-6-14)10-13-2-1-9-21(11-13)15(22)17(7-8-17)20-16(19)23/h3-6,13H,1-2,7-11H2,(H3,19,20,23)/t13-/m0/s1. The van der Waals surface area contributed by atoms with Gasteiger partial charge in [0, 0.05) is 13.1 Å². The molecule has 0 bridgehead atoms. The molecule has 3 rings (SSSR count). The molecular weight excluding hydrogens is 297 g/mol. The normalized spacial score (nSPS) is 22.5. The van der Waals surface area contributed by atoms with Crippen LogP contribution in [0, 0.1) is 11.7 Å². The average molecular weight is 319 g/mol. The first-order valence-electron chi connectivity index (χ1n) is 8.10. The third kappa shape index (κ3) is 3.63. The Morgan fingerprint density at radius 3 is 2.61 bits per heavy atom. The van der Waals surface area contributed by atoms with E-state index in [1.165, 1.54) is 12.1 Å². The molecule has 1 saturated carbocycles. The second-order valence-electron chi connectivity index (χ2n) is 6.66. The van der Waals surface area contributed by atoms with Crippen molar-refractivity contribution in [2.45, 2.75) is 37.6 Å². The highest BCUT2D eigenvalue weighted by Gasteiger charge is 2.53. The minimum absolute atomic E-state index is 0.0138. The lowest BCUT2D eigenvalue weighted by Gasteiger charge is -2.35. The molecule has 1 aliphatic heterocycles. The number of carbonyl (C=O) groups is 2. The van der Waals surface area contributed by atoms with Gasteiger partial charge in [-0.25, -0.2) is 9.18 Å². The molecule has 2 aliphatic rings. The number of rotatable bonds is 4. The Morgan fingerprint density at radius 2 is 2.00 bits per heavy atom. The van der Waals surface area contributed by atoms with Gasteiger partial charge in [-0.3, -0.25) is 4.79 Å². The number of carbonyl (C=O) groups excluding carboxylic acids is 2. The molecule has 0 radical (unpaired) electrons. The summed E-state index contributed by atoms with van der Waals surface area (Å²) in [6, 6.07) is 5.89. The molecule has 5 nitrogen and oxygen atoms in total. The Labute approximate surface area is 135 Å².